The van der Waals surface area contributed by atoms with Crippen molar-refractivity contribution in [1.82, 2.24) is 4.90 Å². The van der Waals surface area contributed by atoms with E-state index in [2.05, 4.69) is 34.5 Å². The summed E-state index contributed by atoms with van der Waals surface area (Å²) in [4.78, 5) is 15.3. The van der Waals surface area contributed by atoms with Crippen molar-refractivity contribution < 1.29 is 4.79 Å². The maximum atomic E-state index is 13.2. The largest absolute Gasteiger partial charge is 0.388 e. The van der Waals surface area contributed by atoms with Crippen molar-refractivity contribution in [3.05, 3.63) is 64.7 Å². The van der Waals surface area contributed by atoms with E-state index in [4.69, 9.17) is 5.41 Å². The Bertz CT molecular complexity index is 830. The molecule has 2 aliphatic rings. The van der Waals surface area contributed by atoms with Gasteiger partial charge in [0.05, 0.1) is 0 Å². The Morgan fingerprint density at radius 1 is 1.28 bits per heavy atom. The van der Waals surface area contributed by atoms with Crippen LogP contribution in [0.15, 0.2) is 42.5 Å². The minimum absolute atomic E-state index is 0.107. The summed E-state index contributed by atoms with van der Waals surface area (Å²) < 4.78 is 0. The Hall–Kier alpha value is -2.62. The quantitative estimate of drug-likeness (QED) is 0.842. The number of anilines is 1. The fraction of sp³-hybridized carbons (Fsp3) is 0.333. The second-order valence-electron chi connectivity index (χ2n) is 6.91. The van der Waals surface area contributed by atoms with Crippen LogP contribution < -0.4 is 5.32 Å². The van der Waals surface area contributed by atoms with E-state index < -0.39 is 0 Å². The van der Waals surface area contributed by atoms with Crippen LogP contribution in [-0.2, 0) is 6.42 Å². The number of nitrogens with zero attached hydrogens (tertiary/aromatic N) is 1. The highest BCUT2D eigenvalue weighted by Crippen LogP contribution is 2.42. The fourth-order valence-electron chi connectivity index (χ4n) is 4.43. The first-order valence-electron chi connectivity index (χ1n) is 8.94. The third kappa shape index (κ3) is 2.62. The Morgan fingerprint density at radius 3 is 2.92 bits per heavy atom. The first kappa shape index (κ1) is 15.9. The number of carbonyl (C=O) groups excluding carboxylic acids is 1. The topological polar surface area (TPSA) is 56.2 Å². The third-order valence-electron chi connectivity index (χ3n) is 5.65. The summed E-state index contributed by atoms with van der Waals surface area (Å²) in [6.45, 7) is 0.829. The molecule has 0 saturated carbocycles. The van der Waals surface area contributed by atoms with Crippen molar-refractivity contribution in [3.8, 4) is 0 Å². The van der Waals surface area contributed by atoms with Gasteiger partial charge in [-0.3, -0.25) is 4.79 Å². The van der Waals surface area contributed by atoms with E-state index in [0.717, 1.165) is 30.6 Å². The van der Waals surface area contributed by atoms with Crippen LogP contribution in [0.2, 0.25) is 0 Å². The van der Waals surface area contributed by atoms with Crippen LogP contribution in [-0.4, -0.2) is 36.7 Å². The number of hydrogen-bond acceptors (Lipinski definition) is 3. The Morgan fingerprint density at radius 2 is 2.12 bits per heavy atom. The van der Waals surface area contributed by atoms with Gasteiger partial charge in [-0.15, -0.1) is 0 Å². The van der Waals surface area contributed by atoms with Crippen molar-refractivity contribution in [2.45, 2.75) is 31.2 Å². The Kier molecular flexibility index (Phi) is 4.04. The molecule has 1 fully saturated rings. The third-order valence-corrected chi connectivity index (χ3v) is 5.65. The lowest BCUT2D eigenvalue weighted by Gasteiger charge is -2.38. The van der Waals surface area contributed by atoms with Gasteiger partial charge in [0.15, 0.2) is 0 Å². The highest BCUT2D eigenvalue weighted by atomic mass is 16.2. The molecule has 0 spiro atoms. The highest BCUT2D eigenvalue weighted by molar-refractivity contribution is 5.97. The first-order chi connectivity index (χ1) is 12.2. The van der Waals surface area contributed by atoms with Crippen molar-refractivity contribution in [2.24, 2.45) is 0 Å². The molecule has 25 heavy (non-hydrogen) atoms. The monoisotopic (exact) mass is 333 g/mol. The van der Waals surface area contributed by atoms with Crippen LogP contribution in [0.5, 0.6) is 0 Å². The zero-order valence-electron chi connectivity index (χ0n) is 14.5. The lowest BCUT2D eigenvalue weighted by molar-refractivity contribution is 0.0595. The molecule has 0 aromatic heterocycles. The summed E-state index contributed by atoms with van der Waals surface area (Å²) in [5.41, 5.74) is 5.15. The molecular formula is C21H23N3O. The van der Waals surface area contributed by atoms with Crippen molar-refractivity contribution in [1.29, 1.82) is 5.41 Å². The summed E-state index contributed by atoms with van der Waals surface area (Å²) in [5, 5.41) is 10.6. The molecule has 1 saturated heterocycles. The normalized spacial score (nSPS) is 21.4. The number of hydrogen-bond donors (Lipinski definition) is 2. The smallest absolute Gasteiger partial charge is 0.254 e. The number of benzene rings is 2. The van der Waals surface area contributed by atoms with Crippen molar-refractivity contribution >= 4 is 17.8 Å². The summed E-state index contributed by atoms with van der Waals surface area (Å²) in [7, 11) is 1.82. The molecule has 2 unspecified atom stereocenters. The Balaban J connectivity index is 1.64. The van der Waals surface area contributed by atoms with Gasteiger partial charge >= 0.3 is 0 Å². The molecule has 1 heterocycles. The maximum absolute atomic E-state index is 13.2. The van der Waals surface area contributed by atoms with Crippen LogP contribution in [0.25, 0.3) is 0 Å². The predicted molar refractivity (Wildman–Crippen MR) is 101 cm³/mol. The molecule has 2 atom stereocenters. The summed E-state index contributed by atoms with van der Waals surface area (Å²) >= 11 is 0. The molecule has 4 heteroatoms. The molecule has 128 valence electrons. The summed E-state index contributed by atoms with van der Waals surface area (Å²) in [6, 6.07) is 14.5. The van der Waals surface area contributed by atoms with E-state index in [-0.39, 0.29) is 11.9 Å². The van der Waals surface area contributed by atoms with Crippen LogP contribution in [0.3, 0.4) is 0 Å². The molecule has 0 radical (unpaired) electrons. The number of piperidine rings is 1. The van der Waals surface area contributed by atoms with Gasteiger partial charge in [-0.1, -0.05) is 30.3 Å². The van der Waals surface area contributed by atoms with Gasteiger partial charge in [0.25, 0.3) is 5.91 Å². The predicted octanol–water partition coefficient (Wildman–Crippen LogP) is 3.67. The van der Waals surface area contributed by atoms with Gasteiger partial charge in [-0.2, -0.15) is 0 Å². The van der Waals surface area contributed by atoms with Crippen LogP contribution >= 0.6 is 0 Å². The summed E-state index contributed by atoms with van der Waals surface area (Å²) in [6.07, 6.45) is 4.49. The second kappa shape index (κ2) is 6.36. The standard InChI is InChI=1S/C21H23N3O/c1-23-19-11-15(8-9-16(19)13-22)21(25)24-10-4-7-18-17-6-3-2-5-14(17)12-20(18)24/h2-3,5-6,8-9,11,13,18,20,22-23H,4,7,10,12H2,1H3. The molecular weight excluding hydrogens is 310 g/mol. The number of carbonyl (C=O) groups is 1. The van der Waals surface area contributed by atoms with E-state index >= 15 is 0 Å². The van der Waals surface area contributed by atoms with Crippen molar-refractivity contribution in [2.75, 3.05) is 18.9 Å². The number of fused-ring (bicyclic) bond motifs is 3. The molecule has 1 amide bonds. The fourth-order valence-corrected chi connectivity index (χ4v) is 4.43. The van der Waals surface area contributed by atoms with Crippen molar-refractivity contribution in [3.63, 3.8) is 0 Å². The maximum Gasteiger partial charge on any atom is 0.254 e. The van der Waals surface area contributed by atoms with E-state index in [1.807, 2.05) is 25.2 Å². The molecule has 2 N–H and O–H groups in total. The van der Waals surface area contributed by atoms with Gasteiger partial charge in [0.2, 0.25) is 0 Å². The van der Waals surface area contributed by atoms with Crippen LogP contribution in [0, 0.1) is 5.41 Å². The molecule has 2 aromatic carbocycles. The first-order valence-corrected chi connectivity index (χ1v) is 8.94. The Labute approximate surface area is 148 Å². The van der Waals surface area contributed by atoms with Gasteiger partial charge in [0.1, 0.15) is 0 Å². The van der Waals surface area contributed by atoms with E-state index in [9.17, 15) is 4.79 Å². The van der Waals surface area contributed by atoms with Gasteiger partial charge in [-0.05, 0) is 42.5 Å². The zero-order valence-corrected chi connectivity index (χ0v) is 14.5. The van der Waals surface area contributed by atoms with E-state index in [0.29, 0.717) is 11.5 Å². The van der Waals surface area contributed by atoms with Gasteiger partial charge < -0.3 is 15.6 Å². The molecule has 0 bridgehead atoms. The molecule has 1 aliphatic carbocycles. The molecule has 4 rings (SSSR count). The molecule has 1 aliphatic heterocycles. The van der Waals surface area contributed by atoms with Crippen LogP contribution in [0.4, 0.5) is 5.69 Å². The summed E-state index contributed by atoms with van der Waals surface area (Å²) in [5.74, 6) is 0.578. The average Bonchev–Trinajstić information content (AvgIpc) is 3.05. The lowest BCUT2D eigenvalue weighted by atomic mass is 9.88. The molecule has 2 aromatic rings. The van der Waals surface area contributed by atoms with Gasteiger partial charge in [-0.25, -0.2) is 0 Å². The number of likely N-dealkylation sites (tertiary alicyclic amines) is 1. The number of rotatable bonds is 3. The number of amides is 1. The highest BCUT2D eigenvalue weighted by Gasteiger charge is 2.40. The lowest BCUT2D eigenvalue weighted by Crippen LogP contribution is -2.46. The SMILES string of the molecule is CNc1cc(C(=O)N2CCCC3c4ccccc4CC32)ccc1C=N. The minimum atomic E-state index is 0.107. The van der Waals surface area contributed by atoms with E-state index in [1.54, 1.807) is 0 Å². The minimum Gasteiger partial charge on any atom is -0.388 e. The second-order valence-corrected chi connectivity index (χ2v) is 6.91. The van der Waals surface area contributed by atoms with Crippen LogP contribution in [0.1, 0.15) is 45.8 Å². The van der Waals surface area contributed by atoms with Gasteiger partial charge in [0, 0.05) is 48.6 Å². The zero-order chi connectivity index (χ0) is 17.4. The molecule has 4 nitrogen and oxygen atoms in total. The van der Waals surface area contributed by atoms with E-state index in [1.165, 1.54) is 23.8 Å². The number of nitrogens with one attached hydrogen (secondary N) is 2. The average molecular weight is 333 g/mol.